The van der Waals surface area contributed by atoms with E-state index in [4.69, 9.17) is 5.73 Å². The number of hydrogen-bond donors (Lipinski definition) is 1. The molecule has 7 heteroatoms. The molecule has 0 amide bonds. The standard InChI is InChI=1S/C14H22FN3O2S/c1-11-9-12(16)10-13(14(11)15)21(19,20)17(2)7-8-18-5-3-4-6-18/h9-10H,3-8,16H2,1-2H3. The highest BCUT2D eigenvalue weighted by molar-refractivity contribution is 7.89. The summed E-state index contributed by atoms with van der Waals surface area (Å²) >= 11 is 0. The van der Waals surface area contributed by atoms with Crippen molar-refractivity contribution in [3.63, 3.8) is 0 Å². The Labute approximate surface area is 125 Å². The van der Waals surface area contributed by atoms with Crippen LogP contribution in [0.15, 0.2) is 17.0 Å². The molecule has 2 rings (SSSR count). The van der Waals surface area contributed by atoms with Crippen LogP contribution in [-0.2, 0) is 10.0 Å². The summed E-state index contributed by atoms with van der Waals surface area (Å²) in [4.78, 5) is 1.87. The molecule has 21 heavy (non-hydrogen) atoms. The van der Waals surface area contributed by atoms with E-state index in [0.29, 0.717) is 13.1 Å². The Morgan fingerprint density at radius 1 is 1.33 bits per heavy atom. The minimum atomic E-state index is -3.85. The van der Waals surface area contributed by atoms with Crippen LogP contribution in [0, 0.1) is 12.7 Å². The van der Waals surface area contributed by atoms with E-state index in [1.165, 1.54) is 30.4 Å². The molecule has 1 aromatic rings. The Morgan fingerprint density at radius 2 is 1.95 bits per heavy atom. The number of hydrogen-bond acceptors (Lipinski definition) is 4. The van der Waals surface area contributed by atoms with E-state index in [-0.39, 0.29) is 16.1 Å². The maximum atomic E-state index is 14.1. The summed E-state index contributed by atoms with van der Waals surface area (Å²) in [6, 6.07) is 2.61. The number of rotatable bonds is 5. The van der Waals surface area contributed by atoms with E-state index >= 15 is 0 Å². The van der Waals surface area contributed by atoms with Gasteiger partial charge in [0.2, 0.25) is 10.0 Å². The van der Waals surface area contributed by atoms with Gasteiger partial charge in [-0.3, -0.25) is 0 Å². The van der Waals surface area contributed by atoms with Gasteiger partial charge in [-0.1, -0.05) is 0 Å². The molecule has 1 aliphatic heterocycles. The maximum Gasteiger partial charge on any atom is 0.245 e. The smallest absolute Gasteiger partial charge is 0.245 e. The van der Waals surface area contributed by atoms with E-state index in [2.05, 4.69) is 4.90 Å². The predicted molar refractivity (Wildman–Crippen MR) is 81.0 cm³/mol. The van der Waals surface area contributed by atoms with Crippen LogP contribution in [0.4, 0.5) is 10.1 Å². The zero-order valence-electron chi connectivity index (χ0n) is 12.5. The summed E-state index contributed by atoms with van der Waals surface area (Å²) in [7, 11) is -2.38. The van der Waals surface area contributed by atoms with Crippen molar-refractivity contribution >= 4 is 15.7 Å². The number of benzene rings is 1. The first-order valence-corrected chi connectivity index (χ1v) is 8.50. The first-order valence-electron chi connectivity index (χ1n) is 7.06. The summed E-state index contributed by atoms with van der Waals surface area (Å²) in [6.07, 6.45) is 2.30. The average Bonchev–Trinajstić information content (AvgIpc) is 2.93. The molecule has 1 aromatic carbocycles. The third-order valence-corrected chi connectivity index (χ3v) is 5.72. The van der Waals surface area contributed by atoms with Gasteiger partial charge in [-0.25, -0.2) is 12.8 Å². The molecule has 0 spiro atoms. The largest absolute Gasteiger partial charge is 0.399 e. The van der Waals surface area contributed by atoms with Gasteiger partial charge in [-0.15, -0.1) is 0 Å². The lowest BCUT2D eigenvalue weighted by Crippen LogP contribution is -2.35. The Kier molecular flexibility index (Phi) is 4.85. The second kappa shape index (κ2) is 6.29. The molecular weight excluding hydrogens is 293 g/mol. The number of likely N-dealkylation sites (tertiary alicyclic amines) is 1. The normalized spacial score (nSPS) is 16.8. The minimum Gasteiger partial charge on any atom is -0.399 e. The number of aryl methyl sites for hydroxylation is 1. The van der Waals surface area contributed by atoms with Crippen LogP contribution in [0.5, 0.6) is 0 Å². The molecule has 0 saturated carbocycles. The monoisotopic (exact) mass is 315 g/mol. The van der Waals surface area contributed by atoms with Crippen molar-refractivity contribution in [1.29, 1.82) is 0 Å². The highest BCUT2D eigenvalue weighted by atomic mass is 32.2. The van der Waals surface area contributed by atoms with Gasteiger partial charge in [0.15, 0.2) is 0 Å². The van der Waals surface area contributed by atoms with Crippen LogP contribution in [-0.4, -0.2) is 50.8 Å². The van der Waals surface area contributed by atoms with Crippen LogP contribution in [0.25, 0.3) is 0 Å². The molecule has 0 bridgehead atoms. The van der Waals surface area contributed by atoms with Gasteiger partial charge < -0.3 is 10.6 Å². The van der Waals surface area contributed by atoms with Gasteiger partial charge in [-0.2, -0.15) is 4.31 Å². The third kappa shape index (κ3) is 3.53. The zero-order chi connectivity index (χ0) is 15.6. The summed E-state index contributed by atoms with van der Waals surface area (Å²) in [5.41, 5.74) is 6.13. The van der Waals surface area contributed by atoms with Gasteiger partial charge >= 0.3 is 0 Å². The van der Waals surface area contributed by atoms with Crippen LogP contribution < -0.4 is 5.73 Å². The number of nitrogens with two attached hydrogens (primary N) is 1. The SMILES string of the molecule is Cc1cc(N)cc(S(=O)(=O)N(C)CCN2CCCC2)c1F. The molecule has 2 N–H and O–H groups in total. The van der Waals surface area contributed by atoms with Crippen molar-refractivity contribution in [2.75, 3.05) is 39.0 Å². The van der Waals surface area contributed by atoms with Crippen molar-refractivity contribution in [1.82, 2.24) is 9.21 Å². The quantitative estimate of drug-likeness (QED) is 0.835. The maximum absolute atomic E-state index is 14.1. The Morgan fingerprint density at radius 3 is 2.57 bits per heavy atom. The molecule has 1 fully saturated rings. The van der Waals surface area contributed by atoms with Crippen molar-refractivity contribution in [3.8, 4) is 0 Å². The lowest BCUT2D eigenvalue weighted by Gasteiger charge is -2.22. The number of halogens is 1. The van der Waals surface area contributed by atoms with Crippen LogP contribution in [0.3, 0.4) is 0 Å². The Bertz CT molecular complexity index is 613. The van der Waals surface area contributed by atoms with E-state index < -0.39 is 15.8 Å². The number of nitrogen functional groups attached to an aromatic ring is 1. The lowest BCUT2D eigenvalue weighted by molar-refractivity contribution is 0.309. The van der Waals surface area contributed by atoms with Crippen LogP contribution >= 0.6 is 0 Å². The second-order valence-corrected chi connectivity index (χ2v) is 7.54. The first kappa shape index (κ1) is 16.2. The lowest BCUT2D eigenvalue weighted by atomic mass is 10.2. The van der Waals surface area contributed by atoms with Gasteiger partial charge in [0.1, 0.15) is 10.7 Å². The molecule has 5 nitrogen and oxygen atoms in total. The van der Waals surface area contributed by atoms with Crippen LogP contribution in [0.1, 0.15) is 18.4 Å². The summed E-state index contributed by atoms with van der Waals surface area (Å²) in [5, 5.41) is 0. The Hall–Kier alpha value is -1.18. The topological polar surface area (TPSA) is 66.6 Å². The van der Waals surface area contributed by atoms with Crippen molar-refractivity contribution < 1.29 is 12.8 Å². The molecule has 118 valence electrons. The fourth-order valence-electron chi connectivity index (χ4n) is 2.53. The number of sulfonamides is 1. The van der Waals surface area contributed by atoms with E-state index in [0.717, 1.165) is 25.9 Å². The molecule has 0 radical (unpaired) electrons. The first-order chi connectivity index (χ1) is 9.82. The minimum absolute atomic E-state index is 0.238. The second-order valence-electron chi connectivity index (χ2n) is 5.53. The Balaban J connectivity index is 2.16. The van der Waals surface area contributed by atoms with Crippen molar-refractivity contribution in [3.05, 3.63) is 23.5 Å². The molecule has 1 aliphatic rings. The highest BCUT2D eigenvalue weighted by Crippen LogP contribution is 2.24. The number of anilines is 1. The summed E-state index contributed by atoms with van der Waals surface area (Å²) in [5.74, 6) is -0.725. The fraction of sp³-hybridized carbons (Fsp3) is 0.571. The highest BCUT2D eigenvalue weighted by Gasteiger charge is 2.26. The molecule has 0 aliphatic carbocycles. The fourth-order valence-corrected chi connectivity index (χ4v) is 3.86. The molecule has 1 saturated heterocycles. The predicted octanol–water partition coefficient (Wildman–Crippen LogP) is 1.43. The van der Waals surface area contributed by atoms with Gasteiger partial charge in [0, 0.05) is 25.8 Å². The third-order valence-electron chi connectivity index (χ3n) is 3.86. The van der Waals surface area contributed by atoms with Gasteiger partial charge in [0.05, 0.1) is 0 Å². The van der Waals surface area contributed by atoms with Crippen molar-refractivity contribution in [2.24, 2.45) is 0 Å². The number of likely N-dealkylation sites (N-methyl/N-ethyl adjacent to an activating group) is 1. The van der Waals surface area contributed by atoms with E-state index in [9.17, 15) is 12.8 Å². The average molecular weight is 315 g/mol. The van der Waals surface area contributed by atoms with Crippen LogP contribution in [0.2, 0.25) is 0 Å². The van der Waals surface area contributed by atoms with E-state index in [1.807, 2.05) is 0 Å². The van der Waals surface area contributed by atoms with Crippen molar-refractivity contribution in [2.45, 2.75) is 24.7 Å². The molecule has 0 atom stereocenters. The van der Waals surface area contributed by atoms with Gasteiger partial charge in [-0.05, 0) is 50.6 Å². The van der Waals surface area contributed by atoms with Gasteiger partial charge in [0.25, 0.3) is 0 Å². The molecule has 0 unspecified atom stereocenters. The molecule has 1 heterocycles. The molecule has 0 aromatic heterocycles. The zero-order valence-corrected chi connectivity index (χ0v) is 13.3. The van der Waals surface area contributed by atoms with E-state index in [1.54, 1.807) is 0 Å². The molecular formula is C14H22FN3O2S. The summed E-state index contributed by atoms with van der Waals surface area (Å²) in [6.45, 7) is 4.52. The summed E-state index contributed by atoms with van der Waals surface area (Å²) < 4.78 is 40.3. The number of nitrogens with zero attached hydrogens (tertiary/aromatic N) is 2.